The number of sulfonamides is 1. The van der Waals surface area contributed by atoms with E-state index in [2.05, 4.69) is 10.0 Å². The SMILES string of the molecule is CCOc1ccc([C@H](C)NC(=O)c2ccc(NS(C)(=O)=O)cc2)cc1OCC. The van der Waals surface area contributed by atoms with Gasteiger partial charge in [0.1, 0.15) is 0 Å². The fourth-order valence-corrected chi connectivity index (χ4v) is 3.17. The standard InChI is InChI=1S/C20H26N2O5S/c1-5-26-18-12-9-16(13-19(18)27-6-2)14(3)21-20(23)15-7-10-17(11-8-15)22-28(4,24)25/h7-14,22H,5-6H2,1-4H3,(H,21,23)/t14-/m0/s1. The minimum absolute atomic E-state index is 0.254. The number of benzene rings is 2. The largest absolute Gasteiger partial charge is 0.490 e. The van der Waals surface area contributed by atoms with Crippen LogP contribution in [0.3, 0.4) is 0 Å². The Labute approximate surface area is 166 Å². The number of amides is 1. The molecule has 2 aromatic rings. The molecule has 7 nitrogen and oxygen atoms in total. The molecular formula is C20H26N2O5S. The molecule has 0 aromatic heterocycles. The number of carbonyl (C=O) groups is 1. The summed E-state index contributed by atoms with van der Waals surface area (Å²) in [5.41, 5.74) is 1.72. The van der Waals surface area contributed by atoms with E-state index in [-0.39, 0.29) is 11.9 Å². The Morgan fingerprint density at radius 2 is 1.61 bits per heavy atom. The Balaban J connectivity index is 2.10. The summed E-state index contributed by atoms with van der Waals surface area (Å²) >= 11 is 0. The number of rotatable bonds is 9. The zero-order valence-corrected chi connectivity index (χ0v) is 17.3. The molecule has 2 N–H and O–H groups in total. The van der Waals surface area contributed by atoms with Gasteiger partial charge in [-0.1, -0.05) is 6.07 Å². The second kappa shape index (κ2) is 9.45. The molecule has 0 saturated heterocycles. The maximum atomic E-state index is 12.5. The highest BCUT2D eigenvalue weighted by molar-refractivity contribution is 7.92. The third-order valence-electron chi connectivity index (χ3n) is 3.87. The first-order valence-corrected chi connectivity index (χ1v) is 10.9. The van der Waals surface area contributed by atoms with Crippen LogP contribution in [0.5, 0.6) is 11.5 Å². The van der Waals surface area contributed by atoms with Gasteiger partial charge in [0.15, 0.2) is 11.5 Å². The lowest BCUT2D eigenvalue weighted by Gasteiger charge is -2.17. The number of hydrogen-bond acceptors (Lipinski definition) is 5. The lowest BCUT2D eigenvalue weighted by Crippen LogP contribution is -2.26. The Hall–Kier alpha value is -2.74. The van der Waals surface area contributed by atoms with Crippen LogP contribution < -0.4 is 19.5 Å². The third kappa shape index (κ3) is 6.16. The van der Waals surface area contributed by atoms with E-state index in [1.807, 2.05) is 39.0 Å². The highest BCUT2D eigenvalue weighted by Crippen LogP contribution is 2.30. The zero-order valence-electron chi connectivity index (χ0n) is 16.5. The van der Waals surface area contributed by atoms with Gasteiger partial charge in [-0.3, -0.25) is 9.52 Å². The van der Waals surface area contributed by atoms with Crippen LogP contribution in [0.1, 0.15) is 42.7 Å². The maximum Gasteiger partial charge on any atom is 0.251 e. The van der Waals surface area contributed by atoms with E-state index in [0.29, 0.717) is 36.0 Å². The Morgan fingerprint density at radius 1 is 1.00 bits per heavy atom. The molecule has 2 aromatic carbocycles. The van der Waals surface area contributed by atoms with Crippen molar-refractivity contribution >= 4 is 21.6 Å². The monoisotopic (exact) mass is 406 g/mol. The number of hydrogen-bond donors (Lipinski definition) is 2. The summed E-state index contributed by atoms with van der Waals surface area (Å²) in [6.45, 7) is 6.73. The van der Waals surface area contributed by atoms with Crippen LogP contribution in [-0.2, 0) is 10.0 Å². The van der Waals surface area contributed by atoms with Crippen molar-refractivity contribution in [2.24, 2.45) is 0 Å². The Morgan fingerprint density at radius 3 is 2.18 bits per heavy atom. The van der Waals surface area contributed by atoms with Crippen LogP contribution in [0.4, 0.5) is 5.69 Å². The van der Waals surface area contributed by atoms with E-state index in [1.165, 1.54) is 0 Å². The number of ether oxygens (including phenoxy) is 2. The number of nitrogens with one attached hydrogen (secondary N) is 2. The van der Waals surface area contributed by atoms with Gasteiger partial charge in [-0.2, -0.15) is 0 Å². The van der Waals surface area contributed by atoms with Crippen molar-refractivity contribution in [2.75, 3.05) is 24.2 Å². The lowest BCUT2D eigenvalue weighted by molar-refractivity contribution is 0.0940. The predicted octanol–water partition coefficient (Wildman–Crippen LogP) is 3.35. The van der Waals surface area contributed by atoms with Gasteiger partial charge in [-0.05, 0) is 62.7 Å². The summed E-state index contributed by atoms with van der Waals surface area (Å²) in [5, 5.41) is 2.93. The van der Waals surface area contributed by atoms with Crippen molar-refractivity contribution in [1.29, 1.82) is 0 Å². The van der Waals surface area contributed by atoms with Gasteiger partial charge in [0.05, 0.1) is 25.5 Å². The van der Waals surface area contributed by atoms with Gasteiger partial charge in [0.25, 0.3) is 5.91 Å². The summed E-state index contributed by atoms with van der Waals surface area (Å²) in [6, 6.07) is 11.6. The van der Waals surface area contributed by atoms with Gasteiger partial charge in [-0.25, -0.2) is 8.42 Å². The molecule has 28 heavy (non-hydrogen) atoms. The molecule has 152 valence electrons. The first-order chi connectivity index (χ1) is 13.2. The van der Waals surface area contributed by atoms with E-state index < -0.39 is 10.0 Å². The summed E-state index contributed by atoms with van der Waals surface area (Å²) in [7, 11) is -3.35. The van der Waals surface area contributed by atoms with E-state index in [0.717, 1.165) is 11.8 Å². The van der Waals surface area contributed by atoms with Gasteiger partial charge < -0.3 is 14.8 Å². The van der Waals surface area contributed by atoms with E-state index in [4.69, 9.17) is 9.47 Å². The summed E-state index contributed by atoms with van der Waals surface area (Å²) in [6.07, 6.45) is 1.07. The second-order valence-electron chi connectivity index (χ2n) is 6.22. The van der Waals surface area contributed by atoms with Gasteiger partial charge in [-0.15, -0.1) is 0 Å². The molecule has 0 fully saturated rings. The highest BCUT2D eigenvalue weighted by atomic mass is 32.2. The second-order valence-corrected chi connectivity index (χ2v) is 7.97. The molecule has 0 aliphatic rings. The number of carbonyl (C=O) groups excluding carboxylic acids is 1. The third-order valence-corrected chi connectivity index (χ3v) is 4.47. The smallest absolute Gasteiger partial charge is 0.251 e. The van der Waals surface area contributed by atoms with E-state index in [9.17, 15) is 13.2 Å². The van der Waals surface area contributed by atoms with Crippen LogP contribution in [0.2, 0.25) is 0 Å². The molecular weight excluding hydrogens is 380 g/mol. The van der Waals surface area contributed by atoms with Crippen LogP contribution in [0.25, 0.3) is 0 Å². The predicted molar refractivity (Wildman–Crippen MR) is 110 cm³/mol. The first-order valence-electron chi connectivity index (χ1n) is 9.01. The molecule has 2 rings (SSSR count). The summed E-state index contributed by atoms with van der Waals surface area (Å²) in [5.74, 6) is 1.05. The molecule has 0 saturated carbocycles. The molecule has 1 amide bonds. The van der Waals surface area contributed by atoms with Crippen LogP contribution in [0.15, 0.2) is 42.5 Å². The minimum atomic E-state index is -3.35. The van der Waals surface area contributed by atoms with Crippen molar-refractivity contribution in [1.82, 2.24) is 5.32 Å². The molecule has 0 aliphatic heterocycles. The van der Waals surface area contributed by atoms with Crippen LogP contribution in [0, 0.1) is 0 Å². The summed E-state index contributed by atoms with van der Waals surface area (Å²) in [4.78, 5) is 12.5. The van der Waals surface area contributed by atoms with Gasteiger partial charge in [0, 0.05) is 11.3 Å². The first kappa shape index (κ1) is 21.6. The Bertz CT molecular complexity index is 911. The van der Waals surface area contributed by atoms with Crippen molar-refractivity contribution in [3.8, 4) is 11.5 Å². The summed E-state index contributed by atoms with van der Waals surface area (Å²) < 4.78 is 36.1. The molecule has 0 bridgehead atoms. The molecule has 0 heterocycles. The Kier molecular flexibility index (Phi) is 7.28. The quantitative estimate of drug-likeness (QED) is 0.666. The fourth-order valence-electron chi connectivity index (χ4n) is 2.60. The van der Waals surface area contributed by atoms with E-state index >= 15 is 0 Å². The normalized spacial score (nSPS) is 12.1. The topological polar surface area (TPSA) is 93.7 Å². The van der Waals surface area contributed by atoms with Crippen LogP contribution in [-0.4, -0.2) is 33.8 Å². The van der Waals surface area contributed by atoms with Crippen LogP contribution >= 0.6 is 0 Å². The molecule has 0 unspecified atom stereocenters. The highest BCUT2D eigenvalue weighted by Gasteiger charge is 2.14. The van der Waals surface area contributed by atoms with E-state index in [1.54, 1.807) is 24.3 Å². The van der Waals surface area contributed by atoms with Crippen molar-refractivity contribution in [3.63, 3.8) is 0 Å². The molecule has 0 radical (unpaired) electrons. The van der Waals surface area contributed by atoms with Crippen molar-refractivity contribution < 1.29 is 22.7 Å². The number of anilines is 1. The molecule has 1 atom stereocenters. The van der Waals surface area contributed by atoms with Crippen molar-refractivity contribution in [3.05, 3.63) is 53.6 Å². The average Bonchev–Trinajstić information content (AvgIpc) is 2.62. The molecule has 8 heteroatoms. The average molecular weight is 407 g/mol. The zero-order chi connectivity index (χ0) is 20.7. The lowest BCUT2D eigenvalue weighted by atomic mass is 10.1. The van der Waals surface area contributed by atoms with Gasteiger partial charge >= 0.3 is 0 Å². The fraction of sp³-hybridized carbons (Fsp3) is 0.350. The van der Waals surface area contributed by atoms with Gasteiger partial charge in [0.2, 0.25) is 10.0 Å². The van der Waals surface area contributed by atoms with Crippen molar-refractivity contribution in [2.45, 2.75) is 26.8 Å². The maximum absolute atomic E-state index is 12.5. The molecule has 0 aliphatic carbocycles. The molecule has 0 spiro atoms. The minimum Gasteiger partial charge on any atom is -0.490 e.